The molecule has 0 aliphatic carbocycles. The van der Waals surface area contributed by atoms with Crippen molar-refractivity contribution in [2.24, 2.45) is 11.8 Å². The highest BCUT2D eigenvalue weighted by Crippen LogP contribution is 2.44. The van der Waals surface area contributed by atoms with E-state index in [1.54, 1.807) is 24.3 Å². The lowest BCUT2D eigenvalue weighted by Crippen LogP contribution is -2.56. The van der Waals surface area contributed by atoms with Gasteiger partial charge in [-0.2, -0.15) is 17.5 Å². The number of methoxy groups -OCH3 is 1. The molecule has 4 atom stereocenters. The van der Waals surface area contributed by atoms with Crippen molar-refractivity contribution in [3.8, 4) is 0 Å². The number of imide groups is 1. The number of sulfonamides is 1. The molecule has 2 saturated heterocycles. The van der Waals surface area contributed by atoms with Gasteiger partial charge in [0, 0.05) is 19.6 Å². The summed E-state index contributed by atoms with van der Waals surface area (Å²) in [5.41, 5.74) is -0.780. The molecular weight excluding hydrogens is 590 g/mol. The van der Waals surface area contributed by atoms with E-state index in [0.29, 0.717) is 0 Å². The van der Waals surface area contributed by atoms with Crippen molar-refractivity contribution in [1.29, 1.82) is 0 Å². The van der Waals surface area contributed by atoms with E-state index in [-0.39, 0.29) is 18.0 Å². The number of rotatable bonds is 7. The van der Waals surface area contributed by atoms with Gasteiger partial charge in [-0.25, -0.2) is 17.6 Å². The number of amides is 2. The number of nitrogens with one attached hydrogen (secondary N) is 1. The lowest BCUT2D eigenvalue weighted by molar-refractivity contribution is -0.192. The number of halogens is 4. The molecule has 228 valence electrons. The van der Waals surface area contributed by atoms with Gasteiger partial charge in [-0.15, -0.1) is 0 Å². The van der Waals surface area contributed by atoms with Crippen LogP contribution in [-0.2, 0) is 40.5 Å². The Labute approximate surface area is 238 Å². The molecule has 0 bridgehead atoms. The third-order valence-electron chi connectivity index (χ3n) is 6.99. The summed E-state index contributed by atoms with van der Waals surface area (Å²) >= 11 is 0. The molecule has 4 rings (SSSR count). The van der Waals surface area contributed by atoms with Crippen molar-refractivity contribution in [1.82, 2.24) is 14.5 Å². The van der Waals surface area contributed by atoms with Crippen molar-refractivity contribution < 1.29 is 55.0 Å². The quantitative estimate of drug-likeness (QED) is 0.269. The van der Waals surface area contributed by atoms with Crippen molar-refractivity contribution in [2.45, 2.75) is 36.1 Å². The smallest absolute Gasteiger partial charge is 0.475 e. The van der Waals surface area contributed by atoms with Crippen molar-refractivity contribution in [3.05, 3.63) is 66.0 Å². The number of ether oxygens (including phenoxy) is 1. The topological polar surface area (TPSA) is 150 Å². The molecule has 0 spiro atoms. The monoisotopic (exact) mass is 617 g/mol. The van der Waals surface area contributed by atoms with Gasteiger partial charge in [0.15, 0.2) is 0 Å². The molecule has 0 radical (unpaired) electrons. The zero-order valence-electron chi connectivity index (χ0n) is 22.5. The van der Waals surface area contributed by atoms with E-state index in [0.717, 1.165) is 39.0 Å². The van der Waals surface area contributed by atoms with Gasteiger partial charge in [-0.3, -0.25) is 24.6 Å². The van der Waals surface area contributed by atoms with Crippen LogP contribution in [0.15, 0.2) is 59.5 Å². The zero-order valence-corrected chi connectivity index (χ0v) is 23.3. The first-order chi connectivity index (χ1) is 19.4. The van der Waals surface area contributed by atoms with E-state index in [1.165, 1.54) is 21.1 Å². The van der Waals surface area contributed by atoms with Gasteiger partial charge in [0.1, 0.15) is 11.4 Å². The van der Waals surface area contributed by atoms with Crippen molar-refractivity contribution >= 4 is 33.8 Å². The second-order valence-electron chi connectivity index (χ2n) is 9.74. The average Bonchev–Trinajstić information content (AvgIpc) is 3.36. The number of alkyl halides is 3. The minimum atomic E-state index is -5.08. The molecular formula is C26H27F4N3O8S. The number of carboxylic acids is 1. The highest BCUT2D eigenvalue weighted by molar-refractivity contribution is 7.89. The second-order valence-corrected chi connectivity index (χ2v) is 11.8. The standard InChI is InChI=1S/C24H26FN3O6S.C2HF3O2/c1-24(23(31)34-3)20-19(21(29)28(22(20)30)13-15-7-5-4-6-8-15)18(26-24)14-27(2)35(32,33)17-11-9-16(25)10-12-17;3-2(4,5)1(6)7/h4-12,18-20,26H,13-14H2,1-3H3;(H,6,7)/t18-,19+,20-,24-;/m1./s1. The Kier molecular flexibility index (Phi) is 9.44. The number of carbonyl (C=O) groups is 4. The van der Waals surface area contributed by atoms with Crippen molar-refractivity contribution in [3.63, 3.8) is 0 Å². The number of fused-ring (bicyclic) bond motifs is 1. The van der Waals surface area contributed by atoms with E-state index in [1.807, 2.05) is 6.07 Å². The predicted molar refractivity (Wildman–Crippen MR) is 136 cm³/mol. The fourth-order valence-corrected chi connectivity index (χ4v) is 6.17. The summed E-state index contributed by atoms with van der Waals surface area (Å²) in [6.45, 7) is 1.33. The maximum Gasteiger partial charge on any atom is 0.490 e. The van der Waals surface area contributed by atoms with E-state index in [9.17, 15) is 40.4 Å². The number of likely N-dealkylation sites (tertiary alicyclic amines) is 1. The fourth-order valence-electron chi connectivity index (χ4n) is 4.97. The van der Waals surface area contributed by atoms with Crippen LogP contribution in [-0.4, -0.2) is 84.9 Å². The van der Waals surface area contributed by atoms with Crippen molar-refractivity contribution in [2.75, 3.05) is 20.7 Å². The summed E-state index contributed by atoms with van der Waals surface area (Å²) in [7, 11) is -1.52. The van der Waals surface area contributed by atoms with Gasteiger partial charge < -0.3 is 9.84 Å². The lowest BCUT2D eigenvalue weighted by Gasteiger charge is -2.29. The molecule has 2 aromatic carbocycles. The molecule has 2 N–H and O–H groups in total. The molecule has 42 heavy (non-hydrogen) atoms. The SMILES string of the molecule is COC(=O)[C@]1(C)N[C@H](CN(C)S(=O)(=O)c2ccc(F)cc2)[C@@H]2C(=O)N(Cc3ccccc3)C(=O)[C@@H]21.O=C(O)C(F)(F)F. The largest absolute Gasteiger partial charge is 0.490 e. The molecule has 0 saturated carbocycles. The zero-order chi connectivity index (χ0) is 31.6. The Morgan fingerprint density at radius 2 is 1.62 bits per heavy atom. The maximum atomic E-state index is 13.5. The molecule has 2 amide bonds. The van der Waals surface area contributed by atoms with E-state index < -0.39 is 69.2 Å². The van der Waals surface area contributed by atoms with Gasteiger partial charge >= 0.3 is 18.1 Å². The minimum absolute atomic E-state index is 0.0409. The molecule has 2 heterocycles. The predicted octanol–water partition coefficient (Wildman–Crippen LogP) is 1.78. The van der Waals surface area contributed by atoms with Gasteiger partial charge in [-0.1, -0.05) is 30.3 Å². The molecule has 2 fully saturated rings. The number of hydrogen-bond donors (Lipinski definition) is 2. The van der Waals surface area contributed by atoms with E-state index in [4.69, 9.17) is 14.6 Å². The summed E-state index contributed by atoms with van der Waals surface area (Å²) in [6, 6.07) is 12.5. The number of carboxylic acid groups (broad SMARTS) is 1. The Morgan fingerprint density at radius 3 is 2.12 bits per heavy atom. The number of hydrogen-bond acceptors (Lipinski definition) is 8. The Bertz CT molecular complexity index is 1450. The van der Waals surface area contributed by atoms with Crippen LogP contribution in [0.3, 0.4) is 0 Å². The first-order valence-corrected chi connectivity index (χ1v) is 13.7. The molecule has 11 nitrogen and oxygen atoms in total. The number of aliphatic carboxylic acids is 1. The third-order valence-corrected chi connectivity index (χ3v) is 8.83. The summed E-state index contributed by atoms with van der Waals surface area (Å²) in [5, 5.41) is 10.1. The van der Waals surface area contributed by atoms with E-state index >= 15 is 0 Å². The number of likely N-dealkylation sites (N-methyl/N-ethyl adjacent to an activating group) is 1. The highest BCUT2D eigenvalue weighted by atomic mass is 32.2. The Balaban J connectivity index is 0.000000616. The van der Waals surface area contributed by atoms with Gasteiger partial charge in [-0.05, 0) is 36.8 Å². The molecule has 0 unspecified atom stereocenters. The third kappa shape index (κ3) is 6.44. The van der Waals surface area contributed by atoms with Crippen LogP contribution in [0.4, 0.5) is 17.6 Å². The van der Waals surface area contributed by atoms with E-state index in [2.05, 4.69) is 5.32 Å². The van der Waals surface area contributed by atoms with Crippen LogP contribution in [0.25, 0.3) is 0 Å². The Hall–Kier alpha value is -3.89. The number of nitrogens with zero attached hydrogens (tertiary/aromatic N) is 2. The van der Waals surface area contributed by atoms with Crippen LogP contribution >= 0.6 is 0 Å². The van der Waals surface area contributed by atoms with Gasteiger partial charge in [0.25, 0.3) is 0 Å². The maximum absolute atomic E-state index is 13.5. The fraction of sp³-hybridized carbons (Fsp3) is 0.385. The summed E-state index contributed by atoms with van der Waals surface area (Å²) in [4.78, 5) is 49.5. The number of benzene rings is 2. The first-order valence-electron chi connectivity index (χ1n) is 12.2. The van der Waals surface area contributed by atoms with Crippen LogP contribution in [0.2, 0.25) is 0 Å². The number of esters is 1. The highest BCUT2D eigenvalue weighted by Gasteiger charge is 2.66. The summed E-state index contributed by atoms with van der Waals surface area (Å²) in [6.07, 6.45) is -5.08. The van der Waals surface area contributed by atoms with Crippen LogP contribution < -0.4 is 5.32 Å². The number of carbonyl (C=O) groups excluding carboxylic acids is 3. The van der Waals surface area contributed by atoms with Gasteiger partial charge in [0.2, 0.25) is 21.8 Å². The molecule has 2 aliphatic heterocycles. The first kappa shape index (κ1) is 32.6. The average molecular weight is 618 g/mol. The molecule has 2 aromatic rings. The van der Waals surface area contributed by atoms with Crippen LogP contribution in [0.5, 0.6) is 0 Å². The molecule has 2 aliphatic rings. The van der Waals surface area contributed by atoms with Crippen LogP contribution in [0.1, 0.15) is 12.5 Å². The summed E-state index contributed by atoms with van der Waals surface area (Å²) in [5.74, 6) is -7.08. The Morgan fingerprint density at radius 1 is 1.07 bits per heavy atom. The normalized spacial score (nSPS) is 23.8. The molecule has 16 heteroatoms. The van der Waals surface area contributed by atoms with Crippen LogP contribution in [0, 0.1) is 17.7 Å². The second kappa shape index (κ2) is 12.1. The molecule has 0 aromatic heterocycles. The lowest BCUT2D eigenvalue weighted by atomic mass is 9.81. The summed E-state index contributed by atoms with van der Waals surface area (Å²) < 4.78 is 77.1. The minimum Gasteiger partial charge on any atom is -0.475 e. The van der Waals surface area contributed by atoms with Gasteiger partial charge in [0.05, 0.1) is 30.4 Å².